The van der Waals surface area contributed by atoms with Crippen LogP contribution in [0.25, 0.3) is 0 Å². The van der Waals surface area contributed by atoms with Gasteiger partial charge in [-0.2, -0.15) is 0 Å². The molecule has 2 heterocycles. The smallest absolute Gasteiger partial charge is 0.0594 e. The summed E-state index contributed by atoms with van der Waals surface area (Å²) in [7, 11) is 0. The van der Waals surface area contributed by atoms with Gasteiger partial charge in [0.25, 0.3) is 0 Å². The van der Waals surface area contributed by atoms with Gasteiger partial charge < -0.3 is 14.8 Å². The molecule has 0 aromatic carbocycles. The average molecular weight is 402 g/mol. The molecule has 138 valence electrons. The maximum atomic E-state index is 6.20. The summed E-state index contributed by atoms with van der Waals surface area (Å²) in [6.07, 6.45) is 9.19. The van der Waals surface area contributed by atoms with Gasteiger partial charge in [-0.3, -0.25) is 10.9 Å². The van der Waals surface area contributed by atoms with Gasteiger partial charge in [0.2, 0.25) is 0 Å². The van der Waals surface area contributed by atoms with E-state index in [0.717, 1.165) is 39.1 Å². The topological polar surface area (TPSA) is 54.5 Å². The number of hydrogen-bond acceptors (Lipinski definition) is 5. The lowest BCUT2D eigenvalue weighted by Crippen LogP contribution is -2.45. The van der Waals surface area contributed by atoms with Crippen molar-refractivity contribution in [2.24, 2.45) is 11.8 Å². The highest BCUT2D eigenvalue weighted by atomic mass is 79.9. The third-order valence-corrected chi connectivity index (χ3v) is 7.13. The molecular weight excluding hydrogens is 370 g/mol. The average Bonchev–Trinajstić information content (AvgIpc) is 2.99. The Kier molecular flexibility index (Phi) is 6.13. The molecule has 0 aromatic heterocycles. The second-order valence-corrected chi connectivity index (χ2v) is 9.35. The van der Waals surface area contributed by atoms with Crippen molar-refractivity contribution in [2.75, 3.05) is 26.3 Å². The van der Waals surface area contributed by atoms with E-state index >= 15 is 0 Å². The fourth-order valence-electron chi connectivity index (χ4n) is 5.21. The number of alkyl halides is 1. The normalized spacial score (nSPS) is 47.6. The van der Waals surface area contributed by atoms with E-state index in [0.29, 0.717) is 41.0 Å². The summed E-state index contributed by atoms with van der Waals surface area (Å²) < 4.78 is 12.4. The van der Waals surface area contributed by atoms with E-state index in [4.69, 9.17) is 9.47 Å². The first-order valence-corrected chi connectivity index (χ1v) is 10.8. The lowest BCUT2D eigenvalue weighted by atomic mass is 9.72. The molecule has 3 N–H and O–H groups in total. The SMILES string of the molecule is BrC1CC2CC(C1)C1NNC3CCC(CC31)OCCCNCCO2. The van der Waals surface area contributed by atoms with E-state index in [2.05, 4.69) is 32.1 Å². The Morgan fingerprint density at radius 2 is 1.75 bits per heavy atom. The molecule has 4 aliphatic rings. The lowest BCUT2D eigenvalue weighted by Gasteiger charge is -2.40. The molecule has 0 radical (unpaired) electrons. The van der Waals surface area contributed by atoms with Gasteiger partial charge in [-0.25, -0.2) is 0 Å². The summed E-state index contributed by atoms with van der Waals surface area (Å²) in [6.45, 7) is 3.69. The van der Waals surface area contributed by atoms with Crippen molar-refractivity contribution >= 4 is 15.9 Å². The molecule has 6 heteroatoms. The maximum absolute atomic E-state index is 6.20. The van der Waals surface area contributed by atoms with Gasteiger partial charge in [0, 0.05) is 30.1 Å². The molecule has 7 unspecified atom stereocenters. The number of rotatable bonds is 0. The minimum absolute atomic E-state index is 0.400. The minimum Gasteiger partial charge on any atom is -0.378 e. The summed E-state index contributed by atoms with van der Waals surface area (Å²) in [5.41, 5.74) is 7.26. The minimum atomic E-state index is 0.400. The Labute approximate surface area is 154 Å². The molecule has 24 heavy (non-hydrogen) atoms. The standard InChI is InChI=1S/C18H32BrN3O2/c19-13-8-12-9-15(10-13)24-7-5-20-4-1-6-23-14-2-3-17-16(11-14)18(12)22-21-17/h12-18,20-22H,1-11H2. The number of hydrazine groups is 1. The maximum Gasteiger partial charge on any atom is 0.0594 e. The van der Waals surface area contributed by atoms with Crippen LogP contribution in [0, 0.1) is 11.8 Å². The van der Waals surface area contributed by atoms with E-state index in [1.807, 2.05) is 0 Å². The zero-order valence-corrected chi connectivity index (χ0v) is 16.1. The Morgan fingerprint density at radius 3 is 2.71 bits per heavy atom. The van der Waals surface area contributed by atoms with E-state index in [1.54, 1.807) is 0 Å². The van der Waals surface area contributed by atoms with Crippen LogP contribution in [0.15, 0.2) is 0 Å². The van der Waals surface area contributed by atoms with Crippen LogP contribution in [0.3, 0.4) is 0 Å². The zero-order valence-electron chi connectivity index (χ0n) is 14.5. The van der Waals surface area contributed by atoms with Crippen LogP contribution >= 0.6 is 15.9 Å². The number of halogens is 1. The van der Waals surface area contributed by atoms with Gasteiger partial charge >= 0.3 is 0 Å². The molecule has 0 aromatic rings. The van der Waals surface area contributed by atoms with Crippen LogP contribution in [0.2, 0.25) is 0 Å². The van der Waals surface area contributed by atoms with Crippen molar-refractivity contribution in [3.63, 3.8) is 0 Å². The molecule has 5 nitrogen and oxygen atoms in total. The molecule has 7 atom stereocenters. The monoisotopic (exact) mass is 401 g/mol. The highest BCUT2D eigenvalue weighted by molar-refractivity contribution is 9.09. The Hall–Kier alpha value is 0.280. The van der Waals surface area contributed by atoms with Crippen LogP contribution in [0.1, 0.15) is 44.9 Å². The first-order chi connectivity index (χ1) is 11.8. The fourth-order valence-corrected chi connectivity index (χ4v) is 6.11. The van der Waals surface area contributed by atoms with Crippen LogP contribution in [0.4, 0.5) is 0 Å². The molecule has 2 saturated heterocycles. The predicted octanol–water partition coefficient (Wildman–Crippen LogP) is 1.96. The summed E-state index contributed by atoms with van der Waals surface area (Å²) >= 11 is 3.89. The van der Waals surface area contributed by atoms with Gasteiger partial charge in [0.05, 0.1) is 18.8 Å². The zero-order chi connectivity index (χ0) is 16.4. The largest absolute Gasteiger partial charge is 0.378 e. The molecule has 4 rings (SSSR count). The first-order valence-electron chi connectivity index (χ1n) is 9.88. The third-order valence-electron chi connectivity index (χ3n) is 6.38. The number of fused-ring (bicyclic) bond motifs is 4. The van der Waals surface area contributed by atoms with Gasteiger partial charge in [0.1, 0.15) is 0 Å². The molecule has 2 aliphatic heterocycles. The van der Waals surface area contributed by atoms with E-state index < -0.39 is 0 Å². The van der Waals surface area contributed by atoms with Crippen molar-refractivity contribution in [1.82, 2.24) is 16.2 Å². The number of nitrogens with one attached hydrogen (secondary N) is 3. The van der Waals surface area contributed by atoms with Crippen LogP contribution in [-0.4, -0.2) is 55.4 Å². The van der Waals surface area contributed by atoms with Crippen LogP contribution in [0.5, 0.6) is 0 Å². The molecule has 4 bridgehead atoms. The second-order valence-electron chi connectivity index (χ2n) is 8.05. The van der Waals surface area contributed by atoms with Crippen LogP contribution < -0.4 is 16.2 Å². The fraction of sp³-hybridized carbons (Fsp3) is 1.00. The summed E-state index contributed by atoms with van der Waals surface area (Å²) in [5.74, 6) is 1.39. The third kappa shape index (κ3) is 4.15. The van der Waals surface area contributed by atoms with E-state index in [9.17, 15) is 0 Å². The van der Waals surface area contributed by atoms with E-state index in [-0.39, 0.29) is 0 Å². The quantitative estimate of drug-likeness (QED) is 0.541. The predicted molar refractivity (Wildman–Crippen MR) is 98.2 cm³/mol. The molecule has 2 aliphatic carbocycles. The van der Waals surface area contributed by atoms with Gasteiger partial charge in [-0.05, 0) is 63.3 Å². The number of hydrogen-bond donors (Lipinski definition) is 3. The molecule has 0 amide bonds. The van der Waals surface area contributed by atoms with Gasteiger partial charge in [-0.15, -0.1) is 0 Å². The Morgan fingerprint density at radius 1 is 0.833 bits per heavy atom. The molecule has 0 spiro atoms. The van der Waals surface area contributed by atoms with Crippen molar-refractivity contribution in [3.8, 4) is 0 Å². The summed E-state index contributed by atoms with van der Waals surface area (Å²) in [5, 5.41) is 3.48. The highest BCUT2D eigenvalue weighted by Crippen LogP contribution is 2.41. The molecule has 4 fully saturated rings. The van der Waals surface area contributed by atoms with Crippen molar-refractivity contribution in [3.05, 3.63) is 0 Å². The van der Waals surface area contributed by atoms with E-state index in [1.165, 1.54) is 32.1 Å². The summed E-state index contributed by atoms with van der Waals surface area (Å²) in [6, 6.07) is 1.19. The summed E-state index contributed by atoms with van der Waals surface area (Å²) in [4.78, 5) is 0.585. The Bertz CT molecular complexity index is 414. The van der Waals surface area contributed by atoms with Crippen molar-refractivity contribution < 1.29 is 9.47 Å². The first kappa shape index (κ1) is 17.7. The van der Waals surface area contributed by atoms with Gasteiger partial charge in [-0.1, -0.05) is 15.9 Å². The second kappa shape index (κ2) is 8.31. The van der Waals surface area contributed by atoms with Crippen molar-refractivity contribution in [1.29, 1.82) is 0 Å². The highest BCUT2D eigenvalue weighted by Gasteiger charge is 2.45. The van der Waals surface area contributed by atoms with Gasteiger partial charge in [0.15, 0.2) is 0 Å². The van der Waals surface area contributed by atoms with Crippen LogP contribution in [-0.2, 0) is 9.47 Å². The Balaban J connectivity index is 1.47. The molecule has 2 saturated carbocycles. The van der Waals surface area contributed by atoms with Crippen molar-refractivity contribution in [2.45, 2.75) is 74.1 Å². The lowest BCUT2D eigenvalue weighted by molar-refractivity contribution is -0.00493. The number of ether oxygens (including phenoxy) is 2. The molecular formula is C18H32BrN3O2.